The molecule has 0 spiro atoms. The van der Waals surface area contributed by atoms with Gasteiger partial charge < -0.3 is 20.9 Å². The summed E-state index contributed by atoms with van der Waals surface area (Å²) in [6.07, 6.45) is 9.34. The number of hydrogen-bond acceptors (Lipinski definition) is 5. The standard InChI is InChI=1S/C17H28N4.C9H11N/c1-2-6-19-13-15-11-16-14(12-20-15)4-3-5-17(16)21-9-7-18-8-10-21;1-2-6-9-8(4-1)5-3-7-10-9/h3-5,15,18-20H,2,6-13H2,1H3;3,5,7H,1-2,4,6H2. The fraction of sp³-hybridized carbons (Fsp3) is 0.577. The summed E-state index contributed by atoms with van der Waals surface area (Å²) in [7, 11) is 0. The lowest BCUT2D eigenvalue weighted by atomic mass is 9.93. The van der Waals surface area contributed by atoms with Crippen molar-refractivity contribution >= 4 is 5.69 Å². The van der Waals surface area contributed by atoms with Gasteiger partial charge in [-0.15, -0.1) is 0 Å². The fourth-order valence-corrected chi connectivity index (χ4v) is 4.93. The zero-order valence-corrected chi connectivity index (χ0v) is 19.1. The highest BCUT2D eigenvalue weighted by Crippen LogP contribution is 2.28. The maximum atomic E-state index is 4.32. The number of nitrogens with one attached hydrogen (secondary N) is 3. The van der Waals surface area contributed by atoms with Gasteiger partial charge in [0.05, 0.1) is 0 Å². The second-order valence-electron chi connectivity index (χ2n) is 8.95. The molecule has 5 nitrogen and oxygen atoms in total. The van der Waals surface area contributed by atoms with Crippen LogP contribution in [0.25, 0.3) is 0 Å². The number of pyridine rings is 1. The van der Waals surface area contributed by atoms with Crippen molar-refractivity contribution < 1.29 is 0 Å². The van der Waals surface area contributed by atoms with E-state index in [9.17, 15) is 0 Å². The molecule has 0 saturated carbocycles. The molecule has 1 aromatic carbocycles. The number of fused-ring (bicyclic) bond motifs is 2. The van der Waals surface area contributed by atoms with Gasteiger partial charge in [-0.05, 0) is 73.9 Å². The van der Waals surface area contributed by atoms with Gasteiger partial charge >= 0.3 is 0 Å². The summed E-state index contributed by atoms with van der Waals surface area (Å²) in [5.41, 5.74) is 7.32. The molecule has 1 atom stereocenters. The van der Waals surface area contributed by atoms with Crippen molar-refractivity contribution in [2.24, 2.45) is 0 Å². The summed E-state index contributed by atoms with van der Waals surface area (Å²) in [4.78, 5) is 6.87. The quantitative estimate of drug-likeness (QED) is 0.648. The van der Waals surface area contributed by atoms with E-state index in [-0.39, 0.29) is 0 Å². The van der Waals surface area contributed by atoms with Gasteiger partial charge in [-0.1, -0.05) is 25.1 Å². The van der Waals surface area contributed by atoms with Gasteiger partial charge in [-0.25, -0.2) is 0 Å². The number of aryl methyl sites for hydroxylation is 2. The van der Waals surface area contributed by atoms with Gasteiger partial charge in [-0.2, -0.15) is 0 Å². The van der Waals surface area contributed by atoms with Gasteiger partial charge in [0.1, 0.15) is 0 Å². The predicted molar refractivity (Wildman–Crippen MR) is 130 cm³/mol. The average Bonchev–Trinajstić information content (AvgIpc) is 2.85. The Bertz CT molecular complexity index is 790. The molecule has 1 aromatic heterocycles. The van der Waals surface area contributed by atoms with Crippen LogP contribution in [-0.2, 0) is 25.8 Å². The first kappa shape index (κ1) is 22.3. The van der Waals surface area contributed by atoms with E-state index in [1.54, 1.807) is 5.56 Å². The van der Waals surface area contributed by atoms with Crippen LogP contribution in [0.3, 0.4) is 0 Å². The van der Waals surface area contributed by atoms with Crippen LogP contribution in [0.5, 0.6) is 0 Å². The number of rotatable bonds is 5. The lowest BCUT2D eigenvalue weighted by Gasteiger charge is -2.35. The van der Waals surface area contributed by atoms with Crippen LogP contribution in [0.15, 0.2) is 36.5 Å². The lowest BCUT2D eigenvalue weighted by molar-refractivity contribution is 0.447. The van der Waals surface area contributed by atoms with Gasteiger partial charge in [0.15, 0.2) is 0 Å². The summed E-state index contributed by atoms with van der Waals surface area (Å²) in [5, 5.41) is 10.7. The van der Waals surface area contributed by atoms with Crippen LogP contribution in [0, 0.1) is 0 Å². The van der Waals surface area contributed by atoms with E-state index < -0.39 is 0 Å². The first-order valence-corrected chi connectivity index (χ1v) is 12.3. The highest BCUT2D eigenvalue weighted by atomic mass is 15.2. The minimum atomic E-state index is 0.563. The number of benzene rings is 1. The van der Waals surface area contributed by atoms with Crippen molar-refractivity contribution in [1.29, 1.82) is 0 Å². The van der Waals surface area contributed by atoms with E-state index in [0.717, 1.165) is 52.2 Å². The summed E-state index contributed by atoms with van der Waals surface area (Å²) in [6.45, 7) is 9.87. The number of hydrogen-bond donors (Lipinski definition) is 3. The predicted octanol–water partition coefficient (Wildman–Crippen LogP) is 3.07. The lowest BCUT2D eigenvalue weighted by Crippen LogP contribution is -2.46. The summed E-state index contributed by atoms with van der Waals surface area (Å²) < 4.78 is 0. The molecule has 3 N–H and O–H groups in total. The van der Waals surface area contributed by atoms with E-state index in [1.807, 2.05) is 12.3 Å². The number of anilines is 1. The molecule has 3 heterocycles. The molecule has 0 radical (unpaired) electrons. The second kappa shape index (κ2) is 11.6. The molecular weight excluding hydrogens is 382 g/mol. The molecule has 1 aliphatic carbocycles. The minimum absolute atomic E-state index is 0.563. The highest BCUT2D eigenvalue weighted by molar-refractivity contribution is 5.58. The molecule has 31 heavy (non-hydrogen) atoms. The van der Waals surface area contributed by atoms with Crippen LogP contribution < -0.4 is 20.9 Å². The molecule has 5 heteroatoms. The van der Waals surface area contributed by atoms with Crippen LogP contribution >= 0.6 is 0 Å². The Morgan fingerprint density at radius 3 is 2.74 bits per heavy atom. The zero-order chi connectivity index (χ0) is 21.3. The highest BCUT2D eigenvalue weighted by Gasteiger charge is 2.23. The Kier molecular flexibility index (Phi) is 8.33. The molecule has 1 fully saturated rings. The molecule has 2 aromatic rings. The zero-order valence-electron chi connectivity index (χ0n) is 19.1. The molecule has 5 rings (SSSR count). The Labute approximate surface area is 188 Å². The smallest absolute Gasteiger partial charge is 0.0435 e. The third kappa shape index (κ3) is 6.06. The number of piperazine rings is 1. The summed E-state index contributed by atoms with van der Waals surface area (Å²) in [5.74, 6) is 0. The van der Waals surface area contributed by atoms with Crippen LogP contribution in [0.2, 0.25) is 0 Å². The average molecular weight is 422 g/mol. The van der Waals surface area contributed by atoms with Crippen LogP contribution in [0.1, 0.15) is 48.6 Å². The van der Waals surface area contributed by atoms with E-state index in [0.29, 0.717) is 6.04 Å². The molecule has 168 valence electrons. The first-order chi connectivity index (χ1) is 15.3. The van der Waals surface area contributed by atoms with E-state index in [2.05, 4.69) is 57.0 Å². The number of nitrogens with zero attached hydrogens (tertiary/aromatic N) is 2. The van der Waals surface area contributed by atoms with Gasteiger partial charge in [-0.3, -0.25) is 4.98 Å². The monoisotopic (exact) mass is 421 g/mol. The maximum Gasteiger partial charge on any atom is 0.0435 e. The Morgan fingerprint density at radius 2 is 1.90 bits per heavy atom. The molecule has 0 amide bonds. The number of aromatic nitrogens is 1. The minimum Gasteiger partial charge on any atom is -0.369 e. The molecule has 0 bridgehead atoms. The van der Waals surface area contributed by atoms with Crippen molar-refractivity contribution in [1.82, 2.24) is 20.9 Å². The Hall–Kier alpha value is -1.95. The molecule has 3 aliphatic rings. The summed E-state index contributed by atoms with van der Waals surface area (Å²) in [6, 6.07) is 11.6. The van der Waals surface area contributed by atoms with Gasteiger partial charge in [0.2, 0.25) is 0 Å². The van der Waals surface area contributed by atoms with Crippen molar-refractivity contribution in [3.8, 4) is 0 Å². The Balaban J connectivity index is 0.000000192. The normalized spacial score (nSPS) is 20.3. The maximum absolute atomic E-state index is 4.32. The first-order valence-electron chi connectivity index (χ1n) is 12.3. The SMILES string of the molecule is CCCNCC1Cc2c(cccc2N2CCNCC2)CN1.c1cnc2c(c1)CCCC2. The Morgan fingerprint density at radius 1 is 1.06 bits per heavy atom. The van der Waals surface area contributed by atoms with Gasteiger partial charge in [0.25, 0.3) is 0 Å². The van der Waals surface area contributed by atoms with E-state index in [4.69, 9.17) is 0 Å². The topological polar surface area (TPSA) is 52.2 Å². The largest absolute Gasteiger partial charge is 0.369 e. The second-order valence-corrected chi connectivity index (χ2v) is 8.95. The van der Waals surface area contributed by atoms with E-state index >= 15 is 0 Å². The van der Waals surface area contributed by atoms with Crippen molar-refractivity contribution in [2.75, 3.05) is 44.2 Å². The third-order valence-corrected chi connectivity index (χ3v) is 6.65. The third-order valence-electron chi connectivity index (χ3n) is 6.65. The van der Waals surface area contributed by atoms with Crippen molar-refractivity contribution in [2.45, 2.75) is 58.0 Å². The molecular formula is C26H39N5. The molecule has 2 aliphatic heterocycles. The fourth-order valence-electron chi connectivity index (χ4n) is 4.93. The van der Waals surface area contributed by atoms with Crippen molar-refractivity contribution in [3.63, 3.8) is 0 Å². The summed E-state index contributed by atoms with van der Waals surface area (Å²) >= 11 is 0. The van der Waals surface area contributed by atoms with Gasteiger partial charge in [0, 0.05) is 62.9 Å². The van der Waals surface area contributed by atoms with E-state index in [1.165, 1.54) is 54.6 Å². The van der Waals surface area contributed by atoms with Crippen LogP contribution in [0.4, 0.5) is 5.69 Å². The molecule has 1 unspecified atom stereocenters. The van der Waals surface area contributed by atoms with Crippen molar-refractivity contribution in [3.05, 3.63) is 58.9 Å². The van der Waals surface area contributed by atoms with Crippen LogP contribution in [-0.4, -0.2) is 50.3 Å². The molecule has 1 saturated heterocycles.